The summed E-state index contributed by atoms with van der Waals surface area (Å²) in [6.45, 7) is 9.01. The first-order valence-electron chi connectivity index (χ1n) is 10.0. The van der Waals surface area contributed by atoms with Crippen LogP contribution in [-0.4, -0.2) is 52.2 Å². The fourth-order valence-corrected chi connectivity index (χ4v) is 4.67. The molecule has 0 spiro atoms. The van der Waals surface area contributed by atoms with Crippen LogP contribution >= 0.6 is 11.3 Å². The summed E-state index contributed by atoms with van der Waals surface area (Å²) in [7, 11) is 1.79. The largest absolute Gasteiger partial charge is 0.483 e. The normalized spacial score (nSPS) is 17.1. The highest BCUT2D eigenvalue weighted by Crippen LogP contribution is 2.38. The van der Waals surface area contributed by atoms with Gasteiger partial charge in [-0.1, -0.05) is 20.8 Å². The number of aliphatic hydroxyl groups is 1. The second kappa shape index (κ2) is 9.67. The Morgan fingerprint density at radius 3 is 2.66 bits per heavy atom. The predicted molar refractivity (Wildman–Crippen MR) is 117 cm³/mol. The first-order chi connectivity index (χ1) is 13.6. The van der Waals surface area contributed by atoms with Crippen LogP contribution in [0, 0.1) is 11.3 Å². The lowest BCUT2D eigenvalue weighted by Crippen LogP contribution is -2.28. The van der Waals surface area contributed by atoms with Crippen LogP contribution in [0.1, 0.15) is 61.5 Å². The van der Waals surface area contributed by atoms with E-state index in [9.17, 15) is 9.90 Å². The third-order valence-corrected chi connectivity index (χ3v) is 6.57. The molecule has 2 heterocycles. The van der Waals surface area contributed by atoms with Crippen LogP contribution in [0.5, 0.6) is 0 Å². The molecule has 0 saturated carbocycles. The lowest BCUT2D eigenvalue weighted by molar-refractivity contribution is -0.122. The van der Waals surface area contributed by atoms with Crippen molar-refractivity contribution >= 4 is 33.9 Å². The Labute approximate surface area is 176 Å². The molecular weight excluding hydrogens is 388 g/mol. The van der Waals surface area contributed by atoms with Crippen molar-refractivity contribution in [1.29, 1.82) is 0 Å². The zero-order chi connectivity index (χ0) is 21.8. The van der Waals surface area contributed by atoms with Crippen LogP contribution in [-0.2, 0) is 17.6 Å². The van der Waals surface area contributed by atoms with Crippen LogP contribution in [0.25, 0.3) is 10.2 Å². The molecule has 2 atom stereocenters. The molecule has 0 fully saturated rings. The third kappa shape index (κ3) is 6.00. The molecule has 0 aromatic carbocycles. The maximum absolute atomic E-state index is 12.7. The summed E-state index contributed by atoms with van der Waals surface area (Å²) < 4.78 is 0. The van der Waals surface area contributed by atoms with E-state index in [0.29, 0.717) is 24.3 Å². The van der Waals surface area contributed by atoms with Gasteiger partial charge in [-0.05, 0) is 61.6 Å². The van der Waals surface area contributed by atoms with Gasteiger partial charge < -0.3 is 15.1 Å². The maximum Gasteiger partial charge on any atom is 0.290 e. The summed E-state index contributed by atoms with van der Waals surface area (Å²) in [4.78, 5) is 29.3. The van der Waals surface area contributed by atoms with Crippen LogP contribution in [0.2, 0.25) is 0 Å². The zero-order valence-electron chi connectivity index (χ0n) is 17.9. The Kier molecular flexibility index (Phi) is 7.77. The van der Waals surface area contributed by atoms with Crippen LogP contribution in [0.4, 0.5) is 0 Å². The number of aromatic nitrogens is 1. The van der Waals surface area contributed by atoms with Gasteiger partial charge in [0.05, 0.1) is 11.0 Å². The molecule has 1 unspecified atom stereocenters. The molecule has 1 amide bonds. The monoisotopic (exact) mass is 420 g/mol. The molecule has 29 heavy (non-hydrogen) atoms. The van der Waals surface area contributed by atoms with Gasteiger partial charge in [-0.3, -0.25) is 9.59 Å². The van der Waals surface area contributed by atoms with E-state index in [4.69, 9.17) is 14.9 Å². The molecule has 2 aromatic rings. The minimum absolute atomic E-state index is 0.0131. The molecule has 3 rings (SSSR count). The van der Waals surface area contributed by atoms with Gasteiger partial charge in [-0.25, -0.2) is 4.98 Å². The van der Waals surface area contributed by atoms with Gasteiger partial charge in [0.2, 0.25) is 0 Å². The van der Waals surface area contributed by atoms with Crippen molar-refractivity contribution in [2.24, 2.45) is 11.3 Å². The highest BCUT2D eigenvalue weighted by Gasteiger charge is 2.29. The number of carbonyl (C=O) groups is 2. The van der Waals surface area contributed by atoms with Crippen LogP contribution < -0.4 is 0 Å². The fraction of sp³-hybridized carbons (Fsp3) is 0.591. The maximum atomic E-state index is 12.7. The number of rotatable bonds is 4. The summed E-state index contributed by atoms with van der Waals surface area (Å²) in [5.41, 5.74) is 2.87. The van der Waals surface area contributed by atoms with Crippen molar-refractivity contribution in [2.45, 2.75) is 59.5 Å². The van der Waals surface area contributed by atoms with Gasteiger partial charge in [-0.2, -0.15) is 0 Å². The minimum Gasteiger partial charge on any atom is -0.483 e. The number of fused-ring (bicyclic) bond motifs is 2. The topological polar surface area (TPSA) is 90.7 Å². The highest BCUT2D eigenvalue weighted by atomic mass is 32.1. The van der Waals surface area contributed by atoms with Crippen molar-refractivity contribution < 1.29 is 19.8 Å². The van der Waals surface area contributed by atoms with Crippen molar-refractivity contribution in [1.82, 2.24) is 9.88 Å². The van der Waals surface area contributed by atoms with E-state index in [1.165, 1.54) is 29.0 Å². The lowest BCUT2D eigenvalue weighted by Gasteiger charge is -2.34. The molecule has 7 heteroatoms. The molecule has 0 aliphatic heterocycles. The Hall–Kier alpha value is -1.99. The summed E-state index contributed by atoms with van der Waals surface area (Å²) in [5.74, 6) is 0.694. The van der Waals surface area contributed by atoms with Gasteiger partial charge in [0.15, 0.2) is 0 Å². The van der Waals surface area contributed by atoms with E-state index in [-0.39, 0.29) is 12.4 Å². The number of hydrogen-bond donors (Lipinski definition) is 2. The molecule has 0 radical (unpaired) electrons. The average Bonchev–Trinajstić information content (AvgIpc) is 3.05. The number of aliphatic hydroxyl groups excluding tert-OH is 1. The molecule has 1 aliphatic rings. The minimum atomic E-state index is -0.392. The van der Waals surface area contributed by atoms with Gasteiger partial charge in [-0.15, -0.1) is 11.3 Å². The Morgan fingerprint density at radius 2 is 2.07 bits per heavy atom. The zero-order valence-corrected chi connectivity index (χ0v) is 18.8. The summed E-state index contributed by atoms with van der Waals surface area (Å²) in [6.07, 6.45) is 3.50. The number of amides is 1. The Morgan fingerprint density at radius 1 is 1.41 bits per heavy atom. The Bertz CT molecular complexity index is 854. The van der Waals surface area contributed by atoms with Crippen molar-refractivity contribution in [2.75, 3.05) is 13.6 Å². The number of nitrogens with zero attached hydrogens (tertiary/aromatic N) is 2. The number of aryl methyl sites for hydroxylation is 1. The van der Waals surface area contributed by atoms with E-state index in [0.717, 1.165) is 27.9 Å². The number of hydrogen-bond acceptors (Lipinski definition) is 5. The van der Waals surface area contributed by atoms with E-state index < -0.39 is 6.10 Å². The van der Waals surface area contributed by atoms with Gasteiger partial charge in [0.25, 0.3) is 12.4 Å². The standard InChI is InChI=1S/C21H30N2O2S.CH2O2/c1-13(24)8-9-23(5)20(25)18-12-15-10-14-11-16(21(2,3)4)6-7-17(14)22-19(15)26-18;2-1-3/h10,12-13,16,24H,6-9,11H2,1-5H3;1H,(H,2,3)/t13-,16?;/m1./s1. The molecule has 2 aromatic heterocycles. The quantitative estimate of drug-likeness (QED) is 0.730. The molecule has 0 bridgehead atoms. The molecule has 6 nitrogen and oxygen atoms in total. The average molecular weight is 421 g/mol. The summed E-state index contributed by atoms with van der Waals surface area (Å²) >= 11 is 1.48. The van der Waals surface area contributed by atoms with E-state index in [1.807, 2.05) is 6.07 Å². The SMILES string of the molecule is C[C@@H](O)CCN(C)C(=O)c1cc2cc3c(nc2s1)CCC(C(C)(C)C)C3.O=CO. The van der Waals surface area contributed by atoms with E-state index in [2.05, 4.69) is 26.8 Å². The van der Waals surface area contributed by atoms with Crippen molar-refractivity contribution in [3.63, 3.8) is 0 Å². The highest BCUT2D eigenvalue weighted by molar-refractivity contribution is 7.20. The van der Waals surface area contributed by atoms with Gasteiger partial charge in [0, 0.05) is 24.7 Å². The second-order valence-corrected chi connectivity index (χ2v) is 9.91. The first kappa shape index (κ1) is 23.3. The smallest absolute Gasteiger partial charge is 0.290 e. The van der Waals surface area contributed by atoms with Crippen molar-refractivity contribution in [3.05, 3.63) is 28.3 Å². The second-order valence-electron chi connectivity index (χ2n) is 8.87. The van der Waals surface area contributed by atoms with E-state index in [1.54, 1.807) is 18.9 Å². The molecule has 0 saturated heterocycles. The third-order valence-electron chi connectivity index (χ3n) is 5.54. The van der Waals surface area contributed by atoms with E-state index >= 15 is 0 Å². The van der Waals surface area contributed by atoms with Gasteiger partial charge >= 0.3 is 0 Å². The first-order valence-corrected chi connectivity index (χ1v) is 10.8. The Balaban J connectivity index is 0.000000941. The number of carboxylic acid groups (broad SMARTS) is 1. The molecule has 160 valence electrons. The van der Waals surface area contributed by atoms with Crippen LogP contribution in [0.3, 0.4) is 0 Å². The molecule has 1 aliphatic carbocycles. The predicted octanol–water partition coefficient (Wildman–Crippen LogP) is 3.99. The summed E-state index contributed by atoms with van der Waals surface area (Å²) in [5, 5.41) is 17.4. The van der Waals surface area contributed by atoms with Crippen molar-refractivity contribution in [3.8, 4) is 0 Å². The van der Waals surface area contributed by atoms with Crippen LogP contribution in [0.15, 0.2) is 12.1 Å². The lowest BCUT2D eigenvalue weighted by atomic mass is 9.71. The fourth-order valence-electron chi connectivity index (χ4n) is 3.64. The number of thiophene rings is 1. The van der Waals surface area contributed by atoms with Gasteiger partial charge in [0.1, 0.15) is 4.83 Å². The number of carbonyl (C=O) groups excluding carboxylic acids is 1. The number of pyridine rings is 1. The molecule has 2 N–H and O–H groups in total. The molecular formula is C22H32N2O4S. The summed E-state index contributed by atoms with van der Waals surface area (Å²) in [6, 6.07) is 4.23.